The summed E-state index contributed by atoms with van der Waals surface area (Å²) in [4.78, 5) is 17.9. The Labute approximate surface area is 118 Å². The van der Waals surface area contributed by atoms with Crippen LogP contribution < -0.4 is 10.5 Å². The molecule has 0 saturated carbocycles. The van der Waals surface area contributed by atoms with Crippen LogP contribution in [0.15, 0.2) is 23.2 Å². The molecule has 1 atom stereocenters. The smallest absolute Gasteiger partial charge is 0.346 e. The van der Waals surface area contributed by atoms with Crippen LogP contribution in [0.25, 0.3) is 0 Å². The van der Waals surface area contributed by atoms with E-state index in [1.54, 1.807) is 12.0 Å². The van der Waals surface area contributed by atoms with Gasteiger partial charge in [0.2, 0.25) is 0 Å². The molecular formula is C15H19N3O2. The normalized spacial score (nSPS) is 24.8. The summed E-state index contributed by atoms with van der Waals surface area (Å²) in [6.45, 7) is 2.57. The Morgan fingerprint density at radius 1 is 1.50 bits per heavy atom. The molecule has 1 aromatic rings. The number of urea groups is 1. The predicted octanol–water partition coefficient (Wildman–Crippen LogP) is 2.04. The molecule has 2 aliphatic rings. The van der Waals surface area contributed by atoms with Crippen LogP contribution in [-0.4, -0.2) is 30.4 Å². The number of rotatable bonds is 2. The van der Waals surface area contributed by atoms with Gasteiger partial charge >= 0.3 is 6.03 Å². The number of hydrogen-bond donors (Lipinski definition) is 1. The Hall–Kier alpha value is -2.04. The first kappa shape index (κ1) is 13.0. The van der Waals surface area contributed by atoms with Crippen LogP contribution >= 0.6 is 0 Å². The minimum absolute atomic E-state index is 0.228. The van der Waals surface area contributed by atoms with Crippen molar-refractivity contribution < 1.29 is 9.53 Å². The van der Waals surface area contributed by atoms with E-state index in [1.165, 1.54) is 5.56 Å². The number of amides is 2. The lowest BCUT2D eigenvalue weighted by Gasteiger charge is -2.42. The minimum atomic E-state index is -0.550. The van der Waals surface area contributed by atoms with Gasteiger partial charge in [-0.2, -0.15) is 4.99 Å². The summed E-state index contributed by atoms with van der Waals surface area (Å²) >= 11 is 0. The molecule has 20 heavy (non-hydrogen) atoms. The molecule has 0 saturated heterocycles. The Balaban J connectivity index is 2.18. The standard InChI is InChI=1S/C15H19N3O2/c1-3-18-14(19)17-13(16)15(18)8-4-5-10-9-11(20-2)6-7-12(10)15/h6-7,9H,3-5,8H2,1-2H3,(H2,16,17,19). The molecule has 0 fully saturated rings. The molecule has 3 rings (SSSR count). The lowest BCUT2D eigenvalue weighted by Crippen LogP contribution is -2.53. The molecule has 1 unspecified atom stereocenters. The molecule has 5 nitrogen and oxygen atoms in total. The van der Waals surface area contributed by atoms with Gasteiger partial charge in [-0.15, -0.1) is 0 Å². The van der Waals surface area contributed by atoms with Crippen molar-refractivity contribution in [3.63, 3.8) is 0 Å². The second-order valence-corrected chi connectivity index (χ2v) is 5.26. The van der Waals surface area contributed by atoms with Crippen molar-refractivity contribution in [2.24, 2.45) is 10.7 Å². The first-order chi connectivity index (χ1) is 9.63. The zero-order chi connectivity index (χ0) is 14.3. The van der Waals surface area contributed by atoms with Crippen molar-refractivity contribution >= 4 is 11.9 Å². The highest BCUT2D eigenvalue weighted by Gasteiger charge is 2.51. The van der Waals surface area contributed by atoms with Gasteiger partial charge in [0, 0.05) is 6.54 Å². The highest BCUT2D eigenvalue weighted by atomic mass is 16.5. The second kappa shape index (κ2) is 4.51. The van der Waals surface area contributed by atoms with Crippen molar-refractivity contribution in [1.29, 1.82) is 0 Å². The number of hydrogen-bond acceptors (Lipinski definition) is 3. The summed E-state index contributed by atoms with van der Waals surface area (Å²) in [5.41, 5.74) is 7.88. The number of aliphatic imine (C=N–C) groups is 1. The molecule has 1 heterocycles. The van der Waals surface area contributed by atoms with E-state index in [4.69, 9.17) is 10.5 Å². The van der Waals surface area contributed by atoms with E-state index in [0.717, 1.165) is 30.6 Å². The van der Waals surface area contributed by atoms with Gasteiger partial charge in [-0.25, -0.2) is 4.79 Å². The van der Waals surface area contributed by atoms with Gasteiger partial charge in [0.05, 0.1) is 7.11 Å². The van der Waals surface area contributed by atoms with Gasteiger partial charge in [0.25, 0.3) is 0 Å². The zero-order valence-corrected chi connectivity index (χ0v) is 11.8. The van der Waals surface area contributed by atoms with Gasteiger partial charge in [-0.1, -0.05) is 6.07 Å². The number of nitrogens with two attached hydrogens (primary N) is 1. The van der Waals surface area contributed by atoms with Gasteiger partial charge in [-0.05, 0) is 49.4 Å². The maximum atomic E-state index is 12.1. The number of nitrogens with zero attached hydrogens (tertiary/aromatic N) is 2. The molecule has 2 amide bonds. The Kier molecular flexibility index (Phi) is 2.92. The minimum Gasteiger partial charge on any atom is -0.497 e. The van der Waals surface area contributed by atoms with E-state index in [9.17, 15) is 4.79 Å². The van der Waals surface area contributed by atoms with Crippen LogP contribution in [-0.2, 0) is 12.0 Å². The van der Waals surface area contributed by atoms with E-state index in [1.807, 2.05) is 25.1 Å². The van der Waals surface area contributed by atoms with Crippen molar-refractivity contribution in [2.75, 3.05) is 13.7 Å². The van der Waals surface area contributed by atoms with Gasteiger partial charge in [-0.3, -0.25) is 0 Å². The Morgan fingerprint density at radius 3 is 3.00 bits per heavy atom. The lowest BCUT2D eigenvalue weighted by atomic mass is 9.75. The van der Waals surface area contributed by atoms with E-state index in [-0.39, 0.29) is 6.03 Å². The van der Waals surface area contributed by atoms with E-state index in [2.05, 4.69) is 4.99 Å². The van der Waals surface area contributed by atoms with Crippen LogP contribution in [0.1, 0.15) is 30.9 Å². The summed E-state index contributed by atoms with van der Waals surface area (Å²) in [5, 5.41) is 0. The second-order valence-electron chi connectivity index (χ2n) is 5.26. The average Bonchev–Trinajstić information content (AvgIpc) is 2.69. The summed E-state index contributed by atoms with van der Waals surface area (Å²) in [6, 6.07) is 5.76. The van der Waals surface area contributed by atoms with Gasteiger partial charge in [0.15, 0.2) is 0 Å². The quantitative estimate of drug-likeness (QED) is 0.896. The molecule has 0 radical (unpaired) electrons. The van der Waals surface area contributed by atoms with Gasteiger partial charge in [0.1, 0.15) is 17.1 Å². The van der Waals surface area contributed by atoms with Crippen LogP contribution in [0.2, 0.25) is 0 Å². The average molecular weight is 273 g/mol. The van der Waals surface area contributed by atoms with Gasteiger partial charge < -0.3 is 15.4 Å². The maximum absolute atomic E-state index is 12.1. The molecule has 106 valence electrons. The molecule has 0 aromatic heterocycles. The highest BCUT2D eigenvalue weighted by molar-refractivity contribution is 6.06. The number of aryl methyl sites for hydroxylation is 1. The van der Waals surface area contributed by atoms with Crippen molar-refractivity contribution in [2.45, 2.75) is 31.7 Å². The summed E-state index contributed by atoms with van der Waals surface area (Å²) in [7, 11) is 1.66. The largest absolute Gasteiger partial charge is 0.497 e. The number of amidine groups is 1. The highest BCUT2D eigenvalue weighted by Crippen LogP contribution is 2.44. The lowest BCUT2D eigenvalue weighted by molar-refractivity contribution is 0.163. The molecule has 1 aromatic carbocycles. The molecule has 1 aliphatic carbocycles. The van der Waals surface area contributed by atoms with Crippen molar-refractivity contribution in [3.8, 4) is 5.75 Å². The number of ether oxygens (including phenoxy) is 1. The third kappa shape index (κ3) is 1.55. The first-order valence-electron chi connectivity index (χ1n) is 6.97. The fraction of sp³-hybridized carbons (Fsp3) is 0.467. The number of carbonyl (C=O) groups excluding carboxylic acids is 1. The Bertz CT molecular complexity index is 597. The van der Waals surface area contributed by atoms with Crippen LogP contribution in [0.5, 0.6) is 5.75 Å². The van der Waals surface area contributed by atoms with Crippen LogP contribution in [0, 0.1) is 0 Å². The molecular weight excluding hydrogens is 254 g/mol. The first-order valence-corrected chi connectivity index (χ1v) is 6.97. The number of carbonyl (C=O) groups is 1. The third-order valence-electron chi connectivity index (χ3n) is 4.39. The maximum Gasteiger partial charge on any atom is 0.346 e. The molecule has 1 spiro atoms. The molecule has 1 aliphatic heterocycles. The fourth-order valence-corrected chi connectivity index (χ4v) is 3.49. The zero-order valence-electron chi connectivity index (χ0n) is 11.8. The van der Waals surface area contributed by atoms with Crippen LogP contribution in [0.4, 0.5) is 4.79 Å². The van der Waals surface area contributed by atoms with Crippen LogP contribution in [0.3, 0.4) is 0 Å². The molecule has 0 bridgehead atoms. The van der Waals surface area contributed by atoms with E-state index in [0.29, 0.717) is 12.4 Å². The number of likely N-dealkylation sites (N-methyl/N-ethyl adjacent to an activating group) is 1. The number of fused-ring (bicyclic) bond motifs is 2. The SMILES string of the molecule is CCN1C(=O)N=C(N)C12CCCc1cc(OC)ccc12. The fourth-order valence-electron chi connectivity index (χ4n) is 3.49. The monoisotopic (exact) mass is 273 g/mol. The number of methoxy groups -OCH3 is 1. The predicted molar refractivity (Wildman–Crippen MR) is 77.0 cm³/mol. The van der Waals surface area contributed by atoms with E-state index < -0.39 is 5.54 Å². The topological polar surface area (TPSA) is 67.9 Å². The van der Waals surface area contributed by atoms with Crippen molar-refractivity contribution in [1.82, 2.24) is 4.90 Å². The Morgan fingerprint density at radius 2 is 2.30 bits per heavy atom. The summed E-state index contributed by atoms with van der Waals surface area (Å²) in [5.74, 6) is 1.26. The number of benzene rings is 1. The summed E-state index contributed by atoms with van der Waals surface area (Å²) < 4.78 is 5.29. The molecule has 2 N–H and O–H groups in total. The third-order valence-corrected chi connectivity index (χ3v) is 4.39. The van der Waals surface area contributed by atoms with Crippen molar-refractivity contribution in [3.05, 3.63) is 29.3 Å². The van der Waals surface area contributed by atoms with E-state index >= 15 is 0 Å². The molecule has 5 heteroatoms. The summed E-state index contributed by atoms with van der Waals surface area (Å²) in [6.07, 6.45) is 2.80.